The first kappa shape index (κ1) is 22.2. The molecule has 0 saturated carbocycles. The molecule has 2 rings (SSSR count). The van der Waals surface area contributed by atoms with E-state index in [2.05, 4.69) is 11.8 Å². The van der Waals surface area contributed by atoms with Gasteiger partial charge in [-0.3, -0.25) is 10.0 Å². The molecule has 1 aliphatic rings. The number of benzene rings is 1. The minimum Gasteiger partial charge on any atom is -0.478 e. The average Bonchev–Trinajstić information content (AvgIpc) is 2.66. The quantitative estimate of drug-likeness (QED) is 0.419. The maximum atomic E-state index is 13.1. The van der Waals surface area contributed by atoms with Gasteiger partial charge in [-0.1, -0.05) is 12.8 Å². The normalized spacial score (nSPS) is 24.0. The van der Waals surface area contributed by atoms with Crippen LogP contribution in [0.5, 0.6) is 5.75 Å². The number of hydroxylamine groups is 1. The van der Waals surface area contributed by atoms with Gasteiger partial charge in [-0.25, -0.2) is 13.9 Å². The highest BCUT2D eigenvalue weighted by Gasteiger charge is 2.44. The van der Waals surface area contributed by atoms with Crippen molar-refractivity contribution in [1.29, 1.82) is 0 Å². The Kier molecular flexibility index (Phi) is 7.43. The molecule has 4 atom stereocenters. The van der Waals surface area contributed by atoms with Gasteiger partial charge in [-0.2, -0.15) is 4.31 Å². The molecular weight excluding hydrogens is 384 g/mol. The highest BCUT2D eigenvalue weighted by Crippen LogP contribution is 2.27. The summed E-state index contributed by atoms with van der Waals surface area (Å²) in [6, 6.07) is 4.79. The van der Waals surface area contributed by atoms with Crippen LogP contribution >= 0.6 is 0 Å². The second-order valence-corrected chi connectivity index (χ2v) is 8.42. The zero-order valence-corrected chi connectivity index (χ0v) is 17.2. The number of hydrogen-bond acceptors (Lipinski definition) is 6. The van der Waals surface area contributed by atoms with E-state index >= 15 is 0 Å². The molecule has 1 aromatic rings. The molecule has 0 radical (unpaired) electrons. The predicted octanol–water partition coefficient (Wildman–Crippen LogP) is 1.54. The van der Waals surface area contributed by atoms with Gasteiger partial charge in [-0.15, -0.1) is 5.92 Å². The third-order valence-corrected chi connectivity index (χ3v) is 6.26. The average molecular weight is 410 g/mol. The number of nitrogens with zero attached hydrogens (tertiary/aromatic N) is 1. The van der Waals surface area contributed by atoms with Crippen LogP contribution in [0.1, 0.15) is 34.1 Å². The van der Waals surface area contributed by atoms with Gasteiger partial charge in [0, 0.05) is 6.54 Å². The summed E-state index contributed by atoms with van der Waals surface area (Å²) in [5, 5.41) is 9.01. The molecule has 4 unspecified atom stereocenters. The van der Waals surface area contributed by atoms with Crippen LogP contribution in [0.2, 0.25) is 0 Å². The Morgan fingerprint density at radius 3 is 2.57 bits per heavy atom. The van der Waals surface area contributed by atoms with Crippen molar-refractivity contribution in [3.8, 4) is 17.6 Å². The van der Waals surface area contributed by atoms with E-state index in [-0.39, 0.29) is 17.5 Å². The van der Waals surface area contributed by atoms with Crippen molar-refractivity contribution < 1.29 is 27.9 Å². The first-order valence-electron chi connectivity index (χ1n) is 9.04. The third kappa shape index (κ3) is 4.83. The number of nitrogens with one attached hydrogen (secondary N) is 1. The predicted molar refractivity (Wildman–Crippen MR) is 102 cm³/mol. The number of amides is 1. The molecule has 0 aromatic heterocycles. The Morgan fingerprint density at radius 1 is 1.39 bits per heavy atom. The molecule has 1 heterocycles. The van der Waals surface area contributed by atoms with Gasteiger partial charge in [-0.05, 0) is 51.5 Å². The lowest BCUT2D eigenvalue weighted by atomic mass is 10.1. The molecule has 8 nitrogen and oxygen atoms in total. The third-order valence-electron chi connectivity index (χ3n) is 4.40. The van der Waals surface area contributed by atoms with Gasteiger partial charge in [0.1, 0.15) is 11.8 Å². The fourth-order valence-electron chi connectivity index (χ4n) is 3.11. The molecule has 1 aliphatic heterocycles. The summed E-state index contributed by atoms with van der Waals surface area (Å²) in [5.74, 6) is 5.39. The Labute approximate surface area is 165 Å². The van der Waals surface area contributed by atoms with E-state index in [1.165, 1.54) is 17.6 Å². The summed E-state index contributed by atoms with van der Waals surface area (Å²) in [6.45, 7) is 6.98. The van der Waals surface area contributed by atoms with Gasteiger partial charge in [0.2, 0.25) is 10.0 Å². The number of rotatable bonds is 6. The van der Waals surface area contributed by atoms with Crippen molar-refractivity contribution >= 4 is 15.9 Å². The van der Waals surface area contributed by atoms with Crippen LogP contribution in [-0.4, -0.2) is 54.7 Å². The molecule has 1 saturated heterocycles. The first-order valence-corrected chi connectivity index (χ1v) is 10.5. The van der Waals surface area contributed by atoms with E-state index in [0.717, 1.165) is 4.31 Å². The van der Waals surface area contributed by atoms with Crippen LogP contribution in [0, 0.1) is 11.8 Å². The largest absolute Gasteiger partial charge is 0.478 e. The molecule has 1 aromatic carbocycles. The van der Waals surface area contributed by atoms with Crippen LogP contribution < -0.4 is 10.2 Å². The monoisotopic (exact) mass is 410 g/mol. The fourth-order valence-corrected chi connectivity index (χ4v) is 4.83. The molecule has 0 spiro atoms. The topological polar surface area (TPSA) is 105 Å². The van der Waals surface area contributed by atoms with Crippen LogP contribution in [0.4, 0.5) is 0 Å². The number of carbonyl (C=O) groups excluding carboxylic acids is 1. The van der Waals surface area contributed by atoms with E-state index < -0.39 is 34.2 Å². The smallest absolute Gasteiger partial charge is 0.264 e. The standard InChI is InChI=1S/C19H26N2O6S/c1-5-7-15(6-2)27-16-8-10-17(11-9-16)28(24,25)21-12-13(3)26-14(4)18(21)19(22)20-23/h8-11,13-15,18,23H,6,12H2,1-4H3,(H,20,22). The van der Waals surface area contributed by atoms with Crippen LogP contribution in [-0.2, 0) is 19.6 Å². The van der Waals surface area contributed by atoms with Crippen molar-refractivity contribution in [1.82, 2.24) is 9.79 Å². The minimum absolute atomic E-state index is 0.00693. The number of ether oxygens (including phenoxy) is 2. The minimum atomic E-state index is -4.00. The zero-order chi connectivity index (χ0) is 20.9. The molecular formula is C19H26N2O6S. The van der Waals surface area contributed by atoms with Crippen LogP contribution in [0.15, 0.2) is 29.2 Å². The van der Waals surface area contributed by atoms with Crippen LogP contribution in [0.3, 0.4) is 0 Å². The molecule has 1 amide bonds. The number of sulfonamides is 1. The molecule has 28 heavy (non-hydrogen) atoms. The van der Waals surface area contributed by atoms with Crippen LogP contribution in [0.25, 0.3) is 0 Å². The zero-order valence-electron chi connectivity index (χ0n) is 16.4. The second kappa shape index (κ2) is 9.39. The van der Waals surface area contributed by atoms with Gasteiger partial charge in [0.25, 0.3) is 5.91 Å². The maximum absolute atomic E-state index is 13.1. The van der Waals surface area contributed by atoms with Crippen molar-refractivity contribution in [3.63, 3.8) is 0 Å². The summed E-state index contributed by atoms with van der Waals surface area (Å²) in [7, 11) is -4.00. The second-order valence-electron chi connectivity index (χ2n) is 6.53. The Hall–Kier alpha value is -2.12. The van der Waals surface area contributed by atoms with E-state index in [9.17, 15) is 13.2 Å². The maximum Gasteiger partial charge on any atom is 0.264 e. The molecule has 1 fully saturated rings. The summed E-state index contributed by atoms with van der Waals surface area (Å²) in [5.41, 5.74) is 1.52. The fraction of sp³-hybridized carbons (Fsp3) is 0.526. The molecule has 154 valence electrons. The first-order chi connectivity index (χ1) is 13.2. The van der Waals surface area contributed by atoms with E-state index in [1.54, 1.807) is 32.9 Å². The van der Waals surface area contributed by atoms with Crippen molar-refractivity contribution in [3.05, 3.63) is 24.3 Å². The van der Waals surface area contributed by atoms with Gasteiger partial charge in [0.05, 0.1) is 17.1 Å². The summed E-state index contributed by atoms with van der Waals surface area (Å²) < 4.78 is 38.7. The molecule has 9 heteroatoms. The lowest BCUT2D eigenvalue weighted by molar-refractivity contribution is -0.146. The SMILES string of the molecule is CC#CC(CC)Oc1ccc(S(=O)(=O)N2CC(C)OC(C)C2C(=O)NO)cc1. The molecule has 2 N–H and O–H groups in total. The Morgan fingerprint density at radius 2 is 2.04 bits per heavy atom. The molecule has 0 bridgehead atoms. The lowest BCUT2D eigenvalue weighted by Crippen LogP contribution is -2.60. The van der Waals surface area contributed by atoms with Gasteiger partial charge in [0.15, 0.2) is 6.10 Å². The number of carbonyl (C=O) groups is 1. The summed E-state index contributed by atoms with van der Waals surface area (Å²) in [4.78, 5) is 12.1. The van der Waals surface area contributed by atoms with E-state index in [0.29, 0.717) is 12.2 Å². The van der Waals surface area contributed by atoms with E-state index in [1.807, 2.05) is 6.92 Å². The van der Waals surface area contributed by atoms with Crippen molar-refractivity contribution in [2.24, 2.45) is 0 Å². The number of morpholine rings is 1. The highest BCUT2D eigenvalue weighted by molar-refractivity contribution is 7.89. The van der Waals surface area contributed by atoms with Crippen molar-refractivity contribution in [2.75, 3.05) is 6.54 Å². The summed E-state index contributed by atoms with van der Waals surface area (Å²) in [6.07, 6.45) is -0.687. The van der Waals surface area contributed by atoms with E-state index in [4.69, 9.17) is 14.7 Å². The Balaban J connectivity index is 2.31. The lowest BCUT2D eigenvalue weighted by Gasteiger charge is -2.40. The molecule has 0 aliphatic carbocycles. The van der Waals surface area contributed by atoms with Gasteiger partial charge >= 0.3 is 0 Å². The van der Waals surface area contributed by atoms with Gasteiger partial charge < -0.3 is 9.47 Å². The summed E-state index contributed by atoms with van der Waals surface area (Å²) >= 11 is 0. The van der Waals surface area contributed by atoms with Crippen molar-refractivity contribution in [2.45, 2.75) is 63.4 Å². The Bertz CT molecular complexity index is 843. The number of hydrogen-bond donors (Lipinski definition) is 2. The highest BCUT2D eigenvalue weighted by atomic mass is 32.2.